The van der Waals surface area contributed by atoms with Gasteiger partial charge < -0.3 is 9.64 Å². The Morgan fingerprint density at radius 3 is 2.57 bits per heavy atom. The Kier molecular flexibility index (Phi) is 6.45. The number of rotatable bonds is 6. The minimum Gasteiger partial charge on any atom is -0.380 e. The molecule has 0 radical (unpaired) electrons. The smallest absolute Gasteiger partial charge is 0.239 e. The van der Waals surface area contributed by atoms with Crippen LogP contribution in [0.4, 0.5) is 0 Å². The van der Waals surface area contributed by atoms with Crippen molar-refractivity contribution in [1.82, 2.24) is 14.7 Å². The van der Waals surface area contributed by atoms with Gasteiger partial charge in [-0.1, -0.05) is 0 Å². The van der Waals surface area contributed by atoms with E-state index in [1.807, 2.05) is 11.8 Å². The van der Waals surface area contributed by atoms with Gasteiger partial charge in [0.05, 0.1) is 12.6 Å². The van der Waals surface area contributed by atoms with E-state index < -0.39 is 0 Å². The van der Waals surface area contributed by atoms with Gasteiger partial charge in [-0.2, -0.15) is 0 Å². The summed E-state index contributed by atoms with van der Waals surface area (Å²) in [4.78, 5) is 19.4. The van der Waals surface area contributed by atoms with Gasteiger partial charge in [-0.25, -0.2) is 0 Å². The first-order valence-corrected chi connectivity index (χ1v) is 8.48. The van der Waals surface area contributed by atoms with E-state index >= 15 is 0 Å². The van der Waals surface area contributed by atoms with Gasteiger partial charge in [-0.15, -0.1) is 0 Å². The Labute approximate surface area is 129 Å². The lowest BCUT2D eigenvalue weighted by atomic mass is 10.1. The van der Waals surface area contributed by atoms with Crippen molar-refractivity contribution < 1.29 is 9.53 Å². The van der Waals surface area contributed by atoms with E-state index in [0.717, 1.165) is 52.5 Å². The van der Waals surface area contributed by atoms with Gasteiger partial charge in [-0.05, 0) is 33.6 Å². The van der Waals surface area contributed by atoms with Crippen LogP contribution in [0.3, 0.4) is 0 Å². The highest BCUT2D eigenvalue weighted by Crippen LogP contribution is 2.16. The number of ether oxygens (including phenoxy) is 1. The Balaban J connectivity index is 1.79. The molecule has 5 heteroatoms. The van der Waals surface area contributed by atoms with Crippen molar-refractivity contribution in [1.29, 1.82) is 0 Å². The highest BCUT2D eigenvalue weighted by molar-refractivity contribution is 5.81. The monoisotopic (exact) mass is 297 g/mol. The number of carbonyl (C=O) groups is 1. The number of likely N-dealkylation sites (tertiary alicyclic amines) is 1. The van der Waals surface area contributed by atoms with Crippen molar-refractivity contribution in [3.05, 3.63) is 0 Å². The molecule has 0 aromatic rings. The number of piperazine rings is 1. The number of carbonyl (C=O) groups excluding carboxylic acids is 1. The Morgan fingerprint density at radius 1 is 1.24 bits per heavy atom. The molecule has 0 aliphatic carbocycles. The third-order valence-electron chi connectivity index (χ3n) is 4.85. The summed E-state index contributed by atoms with van der Waals surface area (Å²) in [6.45, 7) is 13.9. The average molecular weight is 297 g/mol. The predicted molar refractivity (Wildman–Crippen MR) is 84.4 cm³/mol. The van der Waals surface area contributed by atoms with Crippen molar-refractivity contribution in [2.75, 3.05) is 52.5 Å². The fraction of sp³-hybridized carbons (Fsp3) is 0.938. The zero-order valence-electron chi connectivity index (χ0n) is 13.9. The highest BCUT2D eigenvalue weighted by atomic mass is 16.5. The van der Waals surface area contributed by atoms with Gasteiger partial charge >= 0.3 is 0 Å². The van der Waals surface area contributed by atoms with Crippen LogP contribution in [0.2, 0.25) is 0 Å². The van der Waals surface area contributed by atoms with Crippen LogP contribution in [0.5, 0.6) is 0 Å². The van der Waals surface area contributed by atoms with Gasteiger partial charge in [0.15, 0.2) is 0 Å². The molecule has 122 valence electrons. The minimum atomic E-state index is 0.0274. The molecule has 1 amide bonds. The summed E-state index contributed by atoms with van der Waals surface area (Å²) >= 11 is 0. The minimum absolute atomic E-state index is 0.0274. The maximum Gasteiger partial charge on any atom is 0.239 e. The van der Waals surface area contributed by atoms with E-state index in [0.29, 0.717) is 11.9 Å². The Morgan fingerprint density at radius 2 is 1.95 bits per heavy atom. The quantitative estimate of drug-likeness (QED) is 0.686. The van der Waals surface area contributed by atoms with Crippen LogP contribution in [0.1, 0.15) is 33.6 Å². The van der Waals surface area contributed by atoms with Crippen LogP contribution in [0.15, 0.2) is 0 Å². The van der Waals surface area contributed by atoms with Gasteiger partial charge in [-0.3, -0.25) is 14.6 Å². The molecule has 0 bridgehead atoms. The molecule has 2 heterocycles. The maximum atomic E-state index is 12.5. The molecule has 5 nitrogen and oxygen atoms in total. The summed E-state index contributed by atoms with van der Waals surface area (Å²) in [7, 11) is 0. The molecule has 2 atom stereocenters. The van der Waals surface area contributed by atoms with Crippen molar-refractivity contribution in [2.24, 2.45) is 0 Å². The van der Waals surface area contributed by atoms with Gasteiger partial charge in [0.2, 0.25) is 5.91 Å². The number of nitrogens with zero attached hydrogens (tertiary/aromatic N) is 3. The third kappa shape index (κ3) is 4.41. The lowest BCUT2D eigenvalue weighted by Crippen LogP contribution is -2.57. The van der Waals surface area contributed by atoms with E-state index in [4.69, 9.17) is 4.74 Å². The molecular formula is C16H31N3O2. The van der Waals surface area contributed by atoms with Crippen molar-refractivity contribution in [3.63, 3.8) is 0 Å². The standard InChI is InChI=1S/C16H31N3O2/c1-4-21-12-11-17-9-10-19(13-14(17)2)15(3)16(20)18-7-5-6-8-18/h14-15H,4-13H2,1-3H3/t14-,15-/m0/s1. The third-order valence-corrected chi connectivity index (χ3v) is 4.85. The molecule has 2 aliphatic heterocycles. The zero-order chi connectivity index (χ0) is 15.2. The van der Waals surface area contributed by atoms with Gasteiger partial charge in [0.25, 0.3) is 0 Å². The number of hydrogen-bond donors (Lipinski definition) is 0. The molecule has 2 saturated heterocycles. The van der Waals surface area contributed by atoms with Crippen LogP contribution in [0.25, 0.3) is 0 Å². The summed E-state index contributed by atoms with van der Waals surface area (Å²) in [5.74, 6) is 0.322. The van der Waals surface area contributed by atoms with Crippen molar-refractivity contribution in [2.45, 2.75) is 45.7 Å². The summed E-state index contributed by atoms with van der Waals surface area (Å²) in [6, 6.07) is 0.521. The molecule has 2 fully saturated rings. The first kappa shape index (κ1) is 16.7. The SMILES string of the molecule is CCOCCN1CCN([C@@H](C)C(=O)N2CCCC2)C[C@@H]1C. The second kappa shape index (κ2) is 8.11. The van der Waals surface area contributed by atoms with Crippen LogP contribution in [-0.2, 0) is 9.53 Å². The largest absolute Gasteiger partial charge is 0.380 e. The molecule has 0 aromatic heterocycles. The van der Waals surface area contributed by atoms with E-state index in [1.54, 1.807) is 0 Å². The first-order valence-electron chi connectivity index (χ1n) is 8.48. The van der Waals surface area contributed by atoms with Crippen LogP contribution < -0.4 is 0 Å². The Bertz CT molecular complexity index is 331. The summed E-state index contributed by atoms with van der Waals surface area (Å²) in [6.07, 6.45) is 2.33. The normalized spacial score (nSPS) is 26.2. The molecule has 21 heavy (non-hydrogen) atoms. The predicted octanol–water partition coefficient (Wildman–Crippen LogP) is 1.04. The van der Waals surface area contributed by atoms with Crippen LogP contribution in [0, 0.1) is 0 Å². The fourth-order valence-corrected chi connectivity index (χ4v) is 3.39. The number of hydrogen-bond acceptors (Lipinski definition) is 4. The van der Waals surface area contributed by atoms with E-state index in [-0.39, 0.29) is 6.04 Å². The van der Waals surface area contributed by atoms with Crippen LogP contribution in [-0.4, -0.2) is 85.2 Å². The lowest BCUT2D eigenvalue weighted by molar-refractivity contribution is -0.136. The fourth-order valence-electron chi connectivity index (χ4n) is 3.39. The molecule has 0 unspecified atom stereocenters. The molecular weight excluding hydrogens is 266 g/mol. The topological polar surface area (TPSA) is 36.0 Å². The number of amides is 1. The van der Waals surface area contributed by atoms with Crippen LogP contribution >= 0.6 is 0 Å². The second-order valence-corrected chi connectivity index (χ2v) is 6.29. The maximum absolute atomic E-state index is 12.5. The van der Waals surface area contributed by atoms with E-state index in [2.05, 4.69) is 23.6 Å². The van der Waals surface area contributed by atoms with Crippen molar-refractivity contribution in [3.8, 4) is 0 Å². The molecule has 0 saturated carbocycles. The second-order valence-electron chi connectivity index (χ2n) is 6.29. The van der Waals surface area contributed by atoms with Crippen molar-refractivity contribution >= 4 is 5.91 Å². The van der Waals surface area contributed by atoms with E-state index in [9.17, 15) is 4.79 Å². The summed E-state index contributed by atoms with van der Waals surface area (Å²) < 4.78 is 5.45. The average Bonchev–Trinajstić information content (AvgIpc) is 3.02. The Hall–Kier alpha value is -0.650. The highest BCUT2D eigenvalue weighted by Gasteiger charge is 2.32. The zero-order valence-corrected chi connectivity index (χ0v) is 13.9. The van der Waals surface area contributed by atoms with Gasteiger partial charge in [0.1, 0.15) is 0 Å². The molecule has 0 N–H and O–H groups in total. The summed E-state index contributed by atoms with van der Waals surface area (Å²) in [5, 5.41) is 0. The lowest BCUT2D eigenvalue weighted by Gasteiger charge is -2.42. The molecule has 0 aromatic carbocycles. The molecule has 2 rings (SSSR count). The summed E-state index contributed by atoms with van der Waals surface area (Å²) in [5.41, 5.74) is 0. The first-order chi connectivity index (χ1) is 10.1. The molecule has 0 spiro atoms. The van der Waals surface area contributed by atoms with E-state index in [1.165, 1.54) is 12.8 Å². The molecule has 2 aliphatic rings. The van der Waals surface area contributed by atoms with Gasteiger partial charge in [0, 0.05) is 51.9 Å².